The van der Waals surface area contributed by atoms with Gasteiger partial charge in [0.25, 0.3) is 0 Å². The predicted octanol–water partition coefficient (Wildman–Crippen LogP) is 10.1. The number of anilines is 3. The first-order chi connectivity index (χ1) is 20.8. The summed E-state index contributed by atoms with van der Waals surface area (Å²) in [7, 11) is -0.369. The summed E-state index contributed by atoms with van der Waals surface area (Å²) in [5.74, 6) is 0. The van der Waals surface area contributed by atoms with Crippen LogP contribution in [-0.4, -0.2) is 18.3 Å². The van der Waals surface area contributed by atoms with E-state index in [9.17, 15) is 0 Å². The molecule has 8 rings (SSSR count). The van der Waals surface area contributed by atoms with Crippen molar-refractivity contribution in [2.24, 2.45) is 0 Å². The molecule has 0 atom stereocenters. The van der Waals surface area contributed by atoms with Gasteiger partial charge in [0.05, 0.1) is 11.2 Å². The zero-order chi connectivity index (χ0) is 29.3. The average Bonchev–Trinajstić information content (AvgIpc) is 3.48. The molecule has 1 aliphatic heterocycles. The molecule has 0 spiro atoms. The minimum absolute atomic E-state index is 0.364. The van der Waals surface area contributed by atoms with E-state index in [-0.39, 0.29) is 18.3 Å². The van der Waals surface area contributed by atoms with Gasteiger partial charge in [-0.2, -0.15) is 0 Å². The Hall–Kier alpha value is -4.16. The van der Waals surface area contributed by atoms with Crippen molar-refractivity contribution in [2.75, 3.05) is 4.90 Å². The SMILES string of the molecule is CC1(C)OB(c2ccc3c(c2)sc2cc(N(c4ccc5ccccc5c4)c4ccc5ccccc5c4)ccc23)OC1(C)C. The van der Waals surface area contributed by atoms with E-state index in [0.717, 1.165) is 22.5 Å². The Balaban J connectivity index is 1.25. The molecule has 210 valence electrons. The van der Waals surface area contributed by atoms with Gasteiger partial charge in [-0.3, -0.25) is 0 Å². The van der Waals surface area contributed by atoms with Crippen LogP contribution in [0.15, 0.2) is 121 Å². The molecule has 0 bridgehead atoms. The fraction of sp³-hybridized carbons (Fsp3) is 0.158. The first-order valence-corrected chi connectivity index (χ1v) is 15.7. The molecule has 1 aliphatic rings. The zero-order valence-electron chi connectivity index (χ0n) is 24.8. The van der Waals surface area contributed by atoms with Crippen molar-refractivity contribution in [1.82, 2.24) is 0 Å². The molecule has 1 saturated heterocycles. The Morgan fingerprint density at radius 3 is 1.56 bits per heavy atom. The number of thiophene rings is 1. The third-order valence-electron chi connectivity index (χ3n) is 9.25. The Labute approximate surface area is 256 Å². The maximum atomic E-state index is 6.36. The summed E-state index contributed by atoms with van der Waals surface area (Å²) < 4.78 is 15.2. The van der Waals surface area contributed by atoms with E-state index in [4.69, 9.17) is 9.31 Å². The largest absolute Gasteiger partial charge is 0.494 e. The molecular formula is C38H32BNO2S. The predicted molar refractivity (Wildman–Crippen MR) is 185 cm³/mol. The summed E-state index contributed by atoms with van der Waals surface area (Å²) in [5.41, 5.74) is 3.74. The first kappa shape index (κ1) is 26.5. The van der Waals surface area contributed by atoms with Gasteiger partial charge in [-0.05, 0) is 97.2 Å². The highest BCUT2D eigenvalue weighted by Gasteiger charge is 2.51. The minimum Gasteiger partial charge on any atom is -0.399 e. The van der Waals surface area contributed by atoms with Crippen LogP contribution in [0, 0.1) is 0 Å². The number of benzene rings is 6. The van der Waals surface area contributed by atoms with Crippen LogP contribution in [0.4, 0.5) is 17.1 Å². The Morgan fingerprint density at radius 2 is 0.977 bits per heavy atom. The fourth-order valence-corrected chi connectivity index (χ4v) is 7.31. The second-order valence-electron chi connectivity index (χ2n) is 12.5. The van der Waals surface area contributed by atoms with Gasteiger partial charge < -0.3 is 14.2 Å². The molecule has 0 unspecified atom stereocenters. The van der Waals surface area contributed by atoms with Crippen molar-refractivity contribution in [3.05, 3.63) is 121 Å². The van der Waals surface area contributed by atoms with E-state index in [0.29, 0.717) is 0 Å². The molecule has 0 aliphatic carbocycles. The summed E-state index contributed by atoms with van der Waals surface area (Å²) in [5, 5.41) is 7.45. The maximum absolute atomic E-state index is 6.36. The highest BCUT2D eigenvalue weighted by molar-refractivity contribution is 7.26. The lowest BCUT2D eigenvalue weighted by molar-refractivity contribution is 0.00578. The zero-order valence-corrected chi connectivity index (χ0v) is 25.6. The summed E-state index contributed by atoms with van der Waals surface area (Å²) >= 11 is 1.82. The lowest BCUT2D eigenvalue weighted by atomic mass is 9.79. The molecule has 2 heterocycles. The summed E-state index contributed by atoms with van der Waals surface area (Å²) in [6, 6.07) is 44.0. The topological polar surface area (TPSA) is 21.7 Å². The van der Waals surface area contributed by atoms with E-state index in [1.807, 2.05) is 11.3 Å². The minimum atomic E-state index is -0.369. The lowest BCUT2D eigenvalue weighted by Gasteiger charge is -2.32. The molecule has 0 radical (unpaired) electrons. The van der Waals surface area contributed by atoms with Gasteiger partial charge in [0.2, 0.25) is 0 Å². The third kappa shape index (κ3) is 4.42. The van der Waals surface area contributed by atoms with Gasteiger partial charge >= 0.3 is 7.12 Å². The van der Waals surface area contributed by atoms with Crippen molar-refractivity contribution >= 4 is 82.7 Å². The van der Waals surface area contributed by atoms with Gasteiger partial charge in [0.15, 0.2) is 0 Å². The van der Waals surface area contributed by atoms with E-state index >= 15 is 0 Å². The van der Waals surface area contributed by atoms with Crippen molar-refractivity contribution in [3.8, 4) is 0 Å². The molecule has 0 N–H and O–H groups in total. The molecule has 43 heavy (non-hydrogen) atoms. The molecule has 7 aromatic rings. The molecule has 3 nitrogen and oxygen atoms in total. The summed E-state index contributed by atoms with van der Waals surface area (Å²) in [6.45, 7) is 8.40. The van der Waals surface area contributed by atoms with Crippen LogP contribution in [0.2, 0.25) is 0 Å². The summed E-state index contributed by atoms with van der Waals surface area (Å²) in [6.07, 6.45) is 0. The number of fused-ring (bicyclic) bond motifs is 5. The van der Waals surface area contributed by atoms with Gasteiger partial charge in [-0.1, -0.05) is 78.9 Å². The van der Waals surface area contributed by atoms with Gasteiger partial charge in [-0.25, -0.2) is 0 Å². The fourth-order valence-electron chi connectivity index (χ4n) is 6.13. The third-order valence-corrected chi connectivity index (χ3v) is 10.4. The quantitative estimate of drug-likeness (QED) is 0.194. The normalized spacial score (nSPS) is 16.0. The highest BCUT2D eigenvalue weighted by atomic mass is 32.1. The van der Waals surface area contributed by atoms with E-state index < -0.39 is 0 Å². The van der Waals surface area contributed by atoms with Crippen LogP contribution in [0.3, 0.4) is 0 Å². The van der Waals surface area contributed by atoms with Gasteiger partial charge in [0, 0.05) is 37.2 Å². The molecule has 1 fully saturated rings. The Morgan fingerprint density at radius 1 is 0.512 bits per heavy atom. The Bertz CT molecular complexity index is 2090. The van der Waals surface area contributed by atoms with Crippen LogP contribution in [0.25, 0.3) is 41.7 Å². The van der Waals surface area contributed by atoms with Crippen LogP contribution in [-0.2, 0) is 9.31 Å². The van der Waals surface area contributed by atoms with Gasteiger partial charge in [-0.15, -0.1) is 11.3 Å². The molecule has 0 amide bonds. The van der Waals surface area contributed by atoms with E-state index in [2.05, 4.69) is 154 Å². The Kier molecular flexibility index (Phi) is 5.96. The molecular weight excluding hydrogens is 545 g/mol. The van der Waals surface area contributed by atoms with E-state index in [1.165, 1.54) is 41.7 Å². The van der Waals surface area contributed by atoms with Crippen LogP contribution in [0.5, 0.6) is 0 Å². The van der Waals surface area contributed by atoms with Crippen molar-refractivity contribution in [2.45, 2.75) is 38.9 Å². The van der Waals surface area contributed by atoms with Crippen molar-refractivity contribution in [1.29, 1.82) is 0 Å². The standard InChI is InChI=1S/C38H32BNO2S/c1-37(2)38(3,4)42-39(41-37)29-15-19-33-34-20-18-32(24-36(34)43-35(33)23-29)40(30-16-13-25-9-5-7-11-27(25)21-30)31-17-14-26-10-6-8-12-28(26)22-31/h5-24H,1-4H3. The lowest BCUT2D eigenvalue weighted by Crippen LogP contribution is -2.41. The number of nitrogens with zero attached hydrogens (tertiary/aromatic N) is 1. The summed E-state index contributed by atoms with van der Waals surface area (Å²) in [4.78, 5) is 2.37. The first-order valence-electron chi connectivity index (χ1n) is 14.9. The number of hydrogen-bond donors (Lipinski definition) is 0. The highest BCUT2D eigenvalue weighted by Crippen LogP contribution is 2.42. The van der Waals surface area contributed by atoms with Crippen molar-refractivity contribution < 1.29 is 9.31 Å². The monoisotopic (exact) mass is 577 g/mol. The maximum Gasteiger partial charge on any atom is 0.494 e. The second kappa shape index (κ2) is 9.68. The van der Waals surface area contributed by atoms with Crippen molar-refractivity contribution in [3.63, 3.8) is 0 Å². The van der Waals surface area contributed by atoms with Crippen LogP contribution >= 0.6 is 11.3 Å². The molecule has 1 aromatic heterocycles. The van der Waals surface area contributed by atoms with Gasteiger partial charge in [0.1, 0.15) is 0 Å². The van der Waals surface area contributed by atoms with E-state index in [1.54, 1.807) is 0 Å². The molecule has 5 heteroatoms. The smallest absolute Gasteiger partial charge is 0.399 e. The second-order valence-corrected chi connectivity index (χ2v) is 13.6. The molecule has 0 saturated carbocycles. The van der Waals surface area contributed by atoms with Crippen LogP contribution in [0.1, 0.15) is 27.7 Å². The van der Waals surface area contributed by atoms with Crippen LogP contribution < -0.4 is 10.4 Å². The average molecular weight is 578 g/mol. The molecule has 6 aromatic carbocycles. The number of hydrogen-bond acceptors (Lipinski definition) is 4. The number of rotatable bonds is 4.